The minimum absolute atomic E-state index is 0.305. The standard InChI is InChI=1S/C17H19N3O3S/c1-23-17(22)19-13(9-11-5-3-2-4-6-11)15(21)20-16-18-14(10-24-16)12-7-8-12/h2-6,10,12-13H,7-9H2,1H3,(H,19,22)(H,18,20,21)/t13-/m0/s1. The van der Waals surface area contributed by atoms with Crippen LogP contribution in [0.5, 0.6) is 0 Å². The molecule has 24 heavy (non-hydrogen) atoms. The Labute approximate surface area is 144 Å². The molecular formula is C17H19N3O3S. The van der Waals surface area contributed by atoms with Crippen molar-refractivity contribution < 1.29 is 14.3 Å². The number of benzene rings is 1. The number of hydrogen-bond acceptors (Lipinski definition) is 5. The van der Waals surface area contributed by atoms with Crippen LogP contribution in [-0.2, 0) is 16.0 Å². The molecule has 1 aromatic heterocycles. The van der Waals surface area contributed by atoms with Crippen LogP contribution in [0.25, 0.3) is 0 Å². The second-order valence-corrected chi connectivity index (χ2v) is 6.58. The SMILES string of the molecule is COC(=O)N[C@@H](Cc1ccccc1)C(=O)Nc1nc(C2CC2)cs1. The van der Waals surface area contributed by atoms with Gasteiger partial charge in [-0.05, 0) is 18.4 Å². The van der Waals surface area contributed by atoms with E-state index in [1.165, 1.54) is 18.4 Å². The molecule has 1 heterocycles. The fourth-order valence-corrected chi connectivity index (χ4v) is 3.16. The first kappa shape index (κ1) is 16.4. The number of aromatic nitrogens is 1. The summed E-state index contributed by atoms with van der Waals surface area (Å²) < 4.78 is 4.62. The Balaban J connectivity index is 1.67. The number of anilines is 1. The Morgan fingerprint density at radius 1 is 1.33 bits per heavy atom. The van der Waals surface area contributed by atoms with E-state index < -0.39 is 12.1 Å². The molecule has 0 radical (unpaired) electrons. The van der Waals surface area contributed by atoms with Gasteiger partial charge in [-0.1, -0.05) is 30.3 Å². The molecule has 0 saturated heterocycles. The monoisotopic (exact) mass is 345 g/mol. The van der Waals surface area contributed by atoms with Crippen LogP contribution in [0.4, 0.5) is 9.93 Å². The lowest BCUT2D eigenvalue weighted by atomic mass is 10.1. The zero-order chi connectivity index (χ0) is 16.9. The average Bonchev–Trinajstić information content (AvgIpc) is 3.35. The van der Waals surface area contributed by atoms with Gasteiger partial charge in [0, 0.05) is 17.7 Å². The van der Waals surface area contributed by atoms with Gasteiger partial charge < -0.3 is 15.4 Å². The van der Waals surface area contributed by atoms with Gasteiger partial charge in [-0.15, -0.1) is 11.3 Å². The van der Waals surface area contributed by atoms with E-state index in [1.807, 2.05) is 35.7 Å². The molecule has 7 heteroatoms. The third-order valence-electron chi connectivity index (χ3n) is 3.82. The summed E-state index contributed by atoms with van der Waals surface area (Å²) >= 11 is 1.41. The van der Waals surface area contributed by atoms with Gasteiger partial charge in [0.25, 0.3) is 0 Å². The molecule has 0 bridgehead atoms. The third-order valence-corrected chi connectivity index (χ3v) is 4.60. The number of nitrogens with zero attached hydrogens (tertiary/aromatic N) is 1. The summed E-state index contributed by atoms with van der Waals surface area (Å²) in [6.07, 6.45) is 2.07. The van der Waals surface area contributed by atoms with Crippen molar-refractivity contribution in [2.75, 3.05) is 12.4 Å². The van der Waals surface area contributed by atoms with E-state index in [4.69, 9.17) is 0 Å². The molecule has 6 nitrogen and oxygen atoms in total. The fourth-order valence-electron chi connectivity index (χ4n) is 2.36. The summed E-state index contributed by atoms with van der Waals surface area (Å²) in [5.41, 5.74) is 1.99. The van der Waals surface area contributed by atoms with Gasteiger partial charge in [0.1, 0.15) is 6.04 Å². The van der Waals surface area contributed by atoms with Gasteiger partial charge in [0.2, 0.25) is 5.91 Å². The van der Waals surface area contributed by atoms with E-state index in [0.29, 0.717) is 17.5 Å². The first-order valence-corrected chi connectivity index (χ1v) is 8.68. The number of methoxy groups -OCH3 is 1. The number of alkyl carbamates (subject to hydrolysis) is 1. The predicted molar refractivity (Wildman–Crippen MR) is 92.2 cm³/mol. The summed E-state index contributed by atoms with van der Waals surface area (Å²) in [4.78, 5) is 28.5. The highest BCUT2D eigenvalue weighted by Gasteiger charge is 2.27. The zero-order valence-corrected chi connectivity index (χ0v) is 14.1. The first-order chi connectivity index (χ1) is 11.7. The summed E-state index contributed by atoms with van der Waals surface area (Å²) in [5.74, 6) is 0.237. The zero-order valence-electron chi connectivity index (χ0n) is 13.3. The molecule has 2 amide bonds. The van der Waals surface area contributed by atoms with Crippen molar-refractivity contribution in [1.29, 1.82) is 0 Å². The molecule has 1 aromatic carbocycles. The van der Waals surface area contributed by atoms with E-state index in [0.717, 1.165) is 24.1 Å². The first-order valence-electron chi connectivity index (χ1n) is 7.80. The van der Waals surface area contributed by atoms with Crippen molar-refractivity contribution in [2.24, 2.45) is 0 Å². The smallest absolute Gasteiger partial charge is 0.407 e. The molecule has 2 N–H and O–H groups in total. The summed E-state index contributed by atoms with van der Waals surface area (Å²) in [6, 6.07) is 8.78. The van der Waals surface area contributed by atoms with Crippen molar-refractivity contribution in [3.63, 3.8) is 0 Å². The van der Waals surface area contributed by atoms with Crippen molar-refractivity contribution in [1.82, 2.24) is 10.3 Å². The largest absolute Gasteiger partial charge is 0.453 e. The van der Waals surface area contributed by atoms with Crippen molar-refractivity contribution >= 4 is 28.5 Å². The van der Waals surface area contributed by atoms with Gasteiger partial charge in [-0.2, -0.15) is 0 Å². The number of thiazole rings is 1. The number of hydrogen-bond donors (Lipinski definition) is 2. The summed E-state index contributed by atoms with van der Waals surface area (Å²) in [5, 5.41) is 7.91. The third kappa shape index (κ3) is 4.32. The maximum absolute atomic E-state index is 12.5. The molecule has 126 valence electrons. The van der Waals surface area contributed by atoms with Crippen LogP contribution < -0.4 is 10.6 Å². The maximum atomic E-state index is 12.5. The van der Waals surface area contributed by atoms with Crippen molar-refractivity contribution in [3.8, 4) is 0 Å². The van der Waals surface area contributed by atoms with Gasteiger partial charge in [-0.3, -0.25) is 4.79 Å². The molecular weight excluding hydrogens is 326 g/mol. The normalized spacial score (nSPS) is 14.7. The predicted octanol–water partition coefficient (Wildman–Crippen LogP) is 2.93. The van der Waals surface area contributed by atoms with Gasteiger partial charge in [-0.25, -0.2) is 9.78 Å². The maximum Gasteiger partial charge on any atom is 0.407 e. The highest BCUT2D eigenvalue weighted by atomic mass is 32.1. The molecule has 2 aromatic rings. The molecule has 1 atom stereocenters. The minimum atomic E-state index is -0.729. The Hall–Kier alpha value is -2.41. The van der Waals surface area contributed by atoms with Crippen LogP contribution in [0.3, 0.4) is 0 Å². The highest BCUT2D eigenvalue weighted by Crippen LogP contribution is 2.40. The van der Waals surface area contributed by atoms with Gasteiger partial charge >= 0.3 is 6.09 Å². The lowest BCUT2D eigenvalue weighted by molar-refractivity contribution is -0.118. The van der Waals surface area contributed by atoms with E-state index >= 15 is 0 Å². The number of ether oxygens (including phenoxy) is 1. The quantitative estimate of drug-likeness (QED) is 0.843. The Kier molecular flexibility index (Phi) is 5.10. The lowest BCUT2D eigenvalue weighted by Gasteiger charge is -2.17. The van der Waals surface area contributed by atoms with Crippen LogP contribution in [0.1, 0.15) is 30.0 Å². The molecule has 3 rings (SSSR count). The van der Waals surface area contributed by atoms with Crippen LogP contribution >= 0.6 is 11.3 Å². The molecule has 1 aliphatic carbocycles. The second kappa shape index (κ2) is 7.44. The van der Waals surface area contributed by atoms with Crippen LogP contribution in [0.2, 0.25) is 0 Å². The second-order valence-electron chi connectivity index (χ2n) is 5.72. The van der Waals surface area contributed by atoms with Gasteiger partial charge in [0.15, 0.2) is 5.13 Å². The van der Waals surface area contributed by atoms with Gasteiger partial charge in [0.05, 0.1) is 12.8 Å². The van der Waals surface area contributed by atoms with Crippen LogP contribution in [0, 0.1) is 0 Å². The molecule has 0 aliphatic heterocycles. The topological polar surface area (TPSA) is 80.3 Å². The number of rotatable bonds is 6. The average molecular weight is 345 g/mol. The minimum Gasteiger partial charge on any atom is -0.453 e. The summed E-state index contributed by atoms with van der Waals surface area (Å²) in [7, 11) is 1.27. The van der Waals surface area contributed by atoms with E-state index in [-0.39, 0.29) is 5.91 Å². The van der Waals surface area contributed by atoms with Crippen molar-refractivity contribution in [2.45, 2.75) is 31.2 Å². The van der Waals surface area contributed by atoms with E-state index in [1.54, 1.807) is 0 Å². The lowest BCUT2D eigenvalue weighted by Crippen LogP contribution is -2.45. The van der Waals surface area contributed by atoms with Crippen LogP contribution in [0.15, 0.2) is 35.7 Å². The number of carbonyl (C=O) groups excluding carboxylic acids is 2. The number of nitrogens with one attached hydrogen (secondary N) is 2. The Bertz CT molecular complexity index is 713. The fraction of sp³-hybridized carbons (Fsp3) is 0.353. The van der Waals surface area contributed by atoms with Crippen LogP contribution in [-0.4, -0.2) is 30.1 Å². The number of amides is 2. The molecule has 0 unspecified atom stereocenters. The van der Waals surface area contributed by atoms with E-state index in [2.05, 4.69) is 20.4 Å². The molecule has 0 spiro atoms. The number of carbonyl (C=O) groups is 2. The molecule has 1 saturated carbocycles. The van der Waals surface area contributed by atoms with Crippen molar-refractivity contribution in [3.05, 3.63) is 47.0 Å². The molecule has 1 aliphatic rings. The summed E-state index contributed by atoms with van der Waals surface area (Å²) in [6.45, 7) is 0. The Morgan fingerprint density at radius 2 is 2.08 bits per heavy atom. The highest BCUT2D eigenvalue weighted by molar-refractivity contribution is 7.13. The Morgan fingerprint density at radius 3 is 2.75 bits per heavy atom. The molecule has 1 fully saturated rings. The van der Waals surface area contributed by atoms with E-state index in [9.17, 15) is 9.59 Å².